The van der Waals surface area contributed by atoms with E-state index in [1.54, 1.807) is 0 Å². The van der Waals surface area contributed by atoms with Crippen molar-refractivity contribution in [3.63, 3.8) is 0 Å². The lowest BCUT2D eigenvalue weighted by Gasteiger charge is -2.20. The van der Waals surface area contributed by atoms with Gasteiger partial charge in [0.25, 0.3) is 5.91 Å². The molecule has 1 aromatic heterocycles. The number of carbonyl (C=O) groups excluding carboxylic acids is 3. The zero-order valence-electron chi connectivity index (χ0n) is 13.1. The third-order valence-electron chi connectivity index (χ3n) is 3.84. The van der Waals surface area contributed by atoms with Gasteiger partial charge in [0.2, 0.25) is 11.8 Å². The van der Waals surface area contributed by atoms with Crippen LogP contribution in [0.2, 0.25) is 0 Å². The van der Waals surface area contributed by atoms with E-state index in [4.69, 9.17) is 5.73 Å². The number of hydrogen-bond donors (Lipinski definition) is 2. The predicted molar refractivity (Wildman–Crippen MR) is 84.8 cm³/mol. The van der Waals surface area contributed by atoms with E-state index in [2.05, 4.69) is 10.3 Å². The minimum atomic E-state index is -0.577. The van der Waals surface area contributed by atoms with Crippen molar-refractivity contribution in [2.75, 3.05) is 19.6 Å². The van der Waals surface area contributed by atoms with Gasteiger partial charge in [0, 0.05) is 32.3 Å². The topological polar surface area (TPSA) is 105 Å². The monoisotopic (exact) mass is 318 g/mol. The molecular weight excluding hydrogens is 296 g/mol. The zero-order valence-corrected chi connectivity index (χ0v) is 13.1. The van der Waals surface area contributed by atoms with Crippen molar-refractivity contribution >= 4 is 17.7 Å². The Hall–Kier alpha value is -2.44. The molecule has 1 aliphatic rings. The van der Waals surface area contributed by atoms with Crippen molar-refractivity contribution in [2.45, 2.75) is 32.1 Å². The smallest absolute Gasteiger partial charge is 0.269 e. The van der Waals surface area contributed by atoms with Crippen molar-refractivity contribution in [3.8, 4) is 0 Å². The summed E-state index contributed by atoms with van der Waals surface area (Å²) in [4.78, 5) is 40.5. The molecule has 3 amide bonds. The van der Waals surface area contributed by atoms with Crippen LogP contribution < -0.4 is 11.1 Å². The van der Waals surface area contributed by atoms with E-state index in [1.807, 2.05) is 4.90 Å². The summed E-state index contributed by atoms with van der Waals surface area (Å²) in [5.41, 5.74) is 5.62. The molecule has 0 bridgehead atoms. The maximum absolute atomic E-state index is 11.9. The van der Waals surface area contributed by atoms with Crippen LogP contribution in [0.4, 0.5) is 0 Å². The number of aromatic nitrogens is 1. The molecule has 2 heterocycles. The van der Waals surface area contributed by atoms with Crippen LogP contribution in [0.5, 0.6) is 0 Å². The van der Waals surface area contributed by atoms with Crippen LogP contribution in [0.1, 0.15) is 53.0 Å². The number of hydrogen-bond acceptors (Lipinski definition) is 4. The van der Waals surface area contributed by atoms with Crippen LogP contribution >= 0.6 is 0 Å². The molecule has 0 radical (unpaired) electrons. The summed E-state index contributed by atoms with van der Waals surface area (Å²) < 4.78 is 0. The van der Waals surface area contributed by atoms with Gasteiger partial charge in [-0.15, -0.1) is 0 Å². The van der Waals surface area contributed by atoms with Crippen molar-refractivity contribution in [1.29, 1.82) is 0 Å². The fourth-order valence-electron chi connectivity index (χ4n) is 2.51. The van der Waals surface area contributed by atoms with Gasteiger partial charge in [-0.2, -0.15) is 0 Å². The summed E-state index contributed by atoms with van der Waals surface area (Å²) >= 11 is 0. The number of nitrogens with two attached hydrogens (primary N) is 1. The Balaban J connectivity index is 1.74. The molecular formula is C16H22N4O3. The Morgan fingerprint density at radius 1 is 1.26 bits per heavy atom. The molecule has 0 spiro atoms. The molecule has 3 N–H and O–H groups in total. The summed E-state index contributed by atoms with van der Waals surface area (Å²) in [6.45, 7) is 1.94. The first-order chi connectivity index (χ1) is 11.1. The molecule has 1 aromatic rings. The second kappa shape index (κ2) is 8.26. The Morgan fingerprint density at radius 3 is 2.78 bits per heavy atom. The van der Waals surface area contributed by atoms with E-state index in [1.165, 1.54) is 18.3 Å². The molecule has 1 fully saturated rings. The first kappa shape index (κ1) is 16.9. The van der Waals surface area contributed by atoms with Gasteiger partial charge in [-0.1, -0.05) is 6.42 Å². The standard InChI is InChI=1S/C16H22N4O3/c17-15(22)12-6-7-13(19-11-12)16(23)18-8-4-10-20-9-3-1-2-5-14(20)21/h6-7,11H,1-5,8-10H2,(H2,17,22)(H,18,23). The van der Waals surface area contributed by atoms with Crippen LogP contribution in [0, 0.1) is 0 Å². The van der Waals surface area contributed by atoms with E-state index in [0.717, 1.165) is 25.8 Å². The molecule has 2 rings (SSSR count). The number of nitrogens with one attached hydrogen (secondary N) is 1. The van der Waals surface area contributed by atoms with Crippen LogP contribution in [-0.4, -0.2) is 47.2 Å². The Morgan fingerprint density at radius 2 is 2.09 bits per heavy atom. The fraction of sp³-hybridized carbons (Fsp3) is 0.500. The molecule has 1 aliphatic heterocycles. The van der Waals surface area contributed by atoms with Gasteiger partial charge in [-0.3, -0.25) is 19.4 Å². The number of primary amides is 1. The highest BCUT2D eigenvalue weighted by Gasteiger charge is 2.16. The van der Waals surface area contributed by atoms with E-state index >= 15 is 0 Å². The van der Waals surface area contributed by atoms with Crippen molar-refractivity contribution in [2.24, 2.45) is 5.73 Å². The lowest BCUT2D eigenvalue weighted by atomic mass is 10.2. The SMILES string of the molecule is NC(=O)c1ccc(C(=O)NCCCN2CCCCCC2=O)nc1. The number of likely N-dealkylation sites (tertiary alicyclic amines) is 1. The minimum Gasteiger partial charge on any atom is -0.366 e. The Kier molecular flexibility index (Phi) is 6.08. The largest absolute Gasteiger partial charge is 0.366 e. The van der Waals surface area contributed by atoms with Gasteiger partial charge in [-0.05, 0) is 31.4 Å². The third-order valence-corrected chi connectivity index (χ3v) is 3.84. The summed E-state index contributed by atoms with van der Waals surface area (Å²) in [6.07, 6.45) is 5.74. The van der Waals surface area contributed by atoms with Gasteiger partial charge < -0.3 is 16.0 Å². The molecule has 23 heavy (non-hydrogen) atoms. The maximum Gasteiger partial charge on any atom is 0.269 e. The van der Waals surface area contributed by atoms with Crippen molar-refractivity contribution < 1.29 is 14.4 Å². The normalized spacial score (nSPS) is 15.1. The second-order valence-electron chi connectivity index (χ2n) is 5.60. The molecule has 0 saturated carbocycles. The van der Waals surface area contributed by atoms with E-state index in [-0.39, 0.29) is 23.1 Å². The van der Waals surface area contributed by atoms with Crippen LogP contribution in [0.25, 0.3) is 0 Å². The molecule has 0 aromatic carbocycles. The maximum atomic E-state index is 11.9. The van der Waals surface area contributed by atoms with E-state index < -0.39 is 5.91 Å². The molecule has 0 unspecified atom stereocenters. The van der Waals surface area contributed by atoms with Gasteiger partial charge in [0.1, 0.15) is 5.69 Å². The quantitative estimate of drug-likeness (QED) is 0.753. The zero-order chi connectivity index (χ0) is 16.7. The fourth-order valence-corrected chi connectivity index (χ4v) is 2.51. The number of nitrogens with zero attached hydrogens (tertiary/aromatic N) is 2. The average molecular weight is 318 g/mol. The van der Waals surface area contributed by atoms with Gasteiger partial charge >= 0.3 is 0 Å². The molecule has 1 saturated heterocycles. The van der Waals surface area contributed by atoms with E-state index in [0.29, 0.717) is 25.9 Å². The van der Waals surface area contributed by atoms with Crippen molar-refractivity contribution in [1.82, 2.24) is 15.2 Å². The Labute approximate surface area is 135 Å². The first-order valence-corrected chi connectivity index (χ1v) is 7.90. The molecule has 124 valence electrons. The lowest BCUT2D eigenvalue weighted by molar-refractivity contribution is -0.130. The van der Waals surface area contributed by atoms with Gasteiger partial charge in [0.05, 0.1) is 5.56 Å². The van der Waals surface area contributed by atoms with Crippen molar-refractivity contribution in [3.05, 3.63) is 29.6 Å². The number of carbonyl (C=O) groups is 3. The molecule has 0 atom stereocenters. The van der Waals surface area contributed by atoms with Crippen LogP contribution in [-0.2, 0) is 4.79 Å². The highest BCUT2D eigenvalue weighted by molar-refractivity contribution is 5.95. The van der Waals surface area contributed by atoms with Crippen LogP contribution in [0.15, 0.2) is 18.3 Å². The molecule has 0 aliphatic carbocycles. The highest BCUT2D eigenvalue weighted by atomic mass is 16.2. The minimum absolute atomic E-state index is 0.206. The van der Waals surface area contributed by atoms with Crippen LogP contribution in [0.3, 0.4) is 0 Å². The van der Waals surface area contributed by atoms with Gasteiger partial charge in [0.15, 0.2) is 0 Å². The Bertz CT molecular complexity index is 571. The molecule has 7 nitrogen and oxygen atoms in total. The first-order valence-electron chi connectivity index (χ1n) is 7.90. The number of rotatable bonds is 6. The summed E-state index contributed by atoms with van der Waals surface area (Å²) in [6, 6.07) is 2.94. The average Bonchev–Trinajstić information content (AvgIpc) is 2.76. The third kappa shape index (κ3) is 5.05. The van der Waals surface area contributed by atoms with E-state index in [9.17, 15) is 14.4 Å². The highest BCUT2D eigenvalue weighted by Crippen LogP contribution is 2.11. The van der Waals surface area contributed by atoms with Gasteiger partial charge in [-0.25, -0.2) is 0 Å². The second-order valence-corrected chi connectivity index (χ2v) is 5.60. The summed E-state index contributed by atoms with van der Waals surface area (Å²) in [5, 5.41) is 2.76. The molecule has 7 heteroatoms. The number of amides is 3. The predicted octanol–water partition coefficient (Wildman–Crippen LogP) is 0.703. The summed E-state index contributed by atoms with van der Waals surface area (Å²) in [7, 11) is 0. The summed E-state index contributed by atoms with van der Waals surface area (Å²) in [5.74, 6) is -0.674. The lowest BCUT2D eigenvalue weighted by Crippen LogP contribution is -2.34. The number of pyridine rings is 1.